The summed E-state index contributed by atoms with van der Waals surface area (Å²) in [6, 6.07) is 0. The van der Waals surface area contributed by atoms with Crippen molar-refractivity contribution in [2.75, 3.05) is 7.11 Å². The van der Waals surface area contributed by atoms with Gasteiger partial charge in [-0.2, -0.15) is 0 Å². The summed E-state index contributed by atoms with van der Waals surface area (Å²) in [6.07, 6.45) is 3.62. The summed E-state index contributed by atoms with van der Waals surface area (Å²) >= 11 is 5.85. The lowest BCUT2D eigenvalue weighted by Gasteiger charge is -2.34. The lowest BCUT2D eigenvalue weighted by molar-refractivity contribution is -0.199. The van der Waals surface area contributed by atoms with Gasteiger partial charge in [0, 0.05) is 13.5 Å². The van der Waals surface area contributed by atoms with Gasteiger partial charge >= 0.3 is 0 Å². The minimum absolute atomic E-state index is 0.230. The van der Waals surface area contributed by atoms with Gasteiger partial charge in [0.05, 0.1) is 5.38 Å². The highest BCUT2D eigenvalue weighted by Crippen LogP contribution is 2.32. The molecule has 2 atom stereocenters. The van der Waals surface area contributed by atoms with E-state index >= 15 is 0 Å². The van der Waals surface area contributed by atoms with Crippen LogP contribution in [0, 0.1) is 0 Å². The minimum Gasteiger partial charge on any atom is -0.364 e. The van der Waals surface area contributed by atoms with E-state index in [1.165, 1.54) is 7.11 Å². The number of alkyl halides is 1. The van der Waals surface area contributed by atoms with Gasteiger partial charge in [-0.3, -0.25) is 0 Å². The SMILES string of the molecule is COC1(O)CCCCC1Cl. The van der Waals surface area contributed by atoms with Crippen LogP contribution in [0.15, 0.2) is 0 Å². The lowest BCUT2D eigenvalue weighted by atomic mass is 9.94. The molecule has 1 saturated carbocycles. The van der Waals surface area contributed by atoms with E-state index in [2.05, 4.69) is 0 Å². The number of rotatable bonds is 1. The van der Waals surface area contributed by atoms with Crippen molar-refractivity contribution in [3.8, 4) is 0 Å². The van der Waals surface area contributed by atoms with E-state index < -0.39 is 5.79 Å². The van der Waals surface area contributed by atoms with Gasteiger partial charge in [0.2, 0.25) is 0 Å². The van der Waals surface area contributed by atoms with Crippen LogP contribution in [0.4, 0.5) is 0 Å². The third-order valence-electron chi connectivity index (χ3n) is 2.09. The Labute approximate surface area is 66.1 Å². The molecule has 1 fully saturated rings. The zero-order chi connectivity index (χ0) is 7.61. The quantitative estimate of drug-likeness (QED) is 0.470. The van der Waals surface area contributed by atoms with E-state index in [1.54, 1.807) is 0 Å². The number of aliphatic hydroxyl groups is 1. The summed E-state index contributed by atoms with van der Waals surface area (Å²) in [5.74, 6) is -1.06. The first kappa shape index (κ1) is 8.31. The summed E-state index contributed by atoms with van der Waals surface area (Å²) < 4.78 is 4.91. The molecule has 1 N–H and O–H groups in total. The van der Waals surface area contributed by atoms with Gasteiger partial charge < -0.3 is 9.84 Å². The lowest BCUT2D eigenvalue weighted by Crippen LogP contribution is -2.43. The number of methoxy groups -OCH3 is 1. The summed E-state index contributed by atoms with van der Waals surface area (Å²) in [7, 11) is 1.50. The second-order valence-electron chi connectivity index (χ2n) is 2.76. The number of hydrogen-bond donors (Lipinski definition) is 1. The summed E-state index contributed by atoms with van der Waals surface area (Å²) in [6.45, 7) is 0. The van der Waals surface area contributed by atoms with Crippen molar-refractivity contribution >= 4 is 11.6 Å². The van der Waals surface area contributed by atoms with Gasteiger partial charge in [0.1, 0.15) is 0 Å². The monoisotopic (exact) mass is 164 g/mol. The number of ether oxygens (including phenoxy) is 1. The molecule has 0 bridgehead atoms. The predicted octanol–water partition coefficient (Wildman–Crippen LogP) is 1.50. The molecule has 10 heavy (non-hydrogen) atoms. The highest BCUT2D eigenvalue weighted by molar-refractivity contribution is 6.21. The summed E-state index contributed by atoms with van der Waals surface area (Å²) in [4.78, 5) is 0. The Morgan fingerprint density at radius 3 is 2.70 bits per heavy atom. The maximum Gasteiger partial charge on any atom is 0.181 e. The van der Waals surface area contributed by atoms with E-state index in [4.69, 9.17) is 16.3 Å². The molecule has 2 unspecified atom stereocenters. The maximum atomic E-state index is 9.59. The summed E-state index contributed by atoms with van der Waals surface area (Å²) in [5, 5.41) is 9.36. The van der Waals surface area contributed by atoms with Gasteiger partial charge in [-0.15, -0.1) is 11.6 Å². The van der Waals surface area contributed by atoms with Crippen LogP contribution in [0.2, 0.25) is 0 Å². The number of hydrogen-bond acceptors (Lipinski definition) is 2. The fourth-order valence-electron chi connectivity index (χ4n) is 1.31. The molecule has 0 amide bonds. The average molecular weight is 165 g/mol. The van der Waals surface area contributed by atoms with E-state index in [9.17, 15) is 5.11 Å². The van der Waals surface area contributed by atoms with Crippen LogP contribution in [0.25, 0.3) is 0 Å². The minimum atomic E-state index is -1.06. The van der Waals surface area contributed by atoms with Crippen LogP contribution in [0.5, 0.6) is 0 Å². The molecule has 60 valence electrons. The topological polar surface area (TPSA) is 29.5 Å². The van der Waals surface area contributed by atoms with Crippen molar-refractivity contribution in [1.82, 2.24) is 0 Å². The van der Waals surface area contributed by atoms with Crippen LogP contribution in [-0.2, 0) is 4.74 Å². The third-order valence-corrected chi connectivity index (χ3v) is 2.64. The predicted molar refractivity (Wildman–Crippen MR) is 40.1 cm³/mol. The average Bonchev–Trinajstić information content (AvgIpc) is 1.96. The normalized spacial score (nSPS) is 41.7. The highest BCUT2D eigenvalue weighted by Gasteiger charge is 2.37. The molecule has 0 radical (unpaired) electrons. The second-order valence-corrected chi connectivity index (χ2v) is 3.29. The molecule has 0 saturated heterocycles. The van der Waals surface area contributed by atoms with E-state index in [0.29, 0.717) is 6.42 Å². The zero-order valence-electron chi connectivity index (χ0n) is 6.14. The molecule has 3 heteroatoms. The Morgan fingerprint density at radius 1 is 1.60 bits per heavy atom. The molecular formula is C7H13ClO2. The first-order valence-electron chi connectivity index (χ1n) is 3.60. The van der Waals surface area contributed by atoms with Gasteiger partial charge in [0.25, 0.3) is 0 Å². The van der Waals surface area contributed by atoms with Crippen molar-refractivity contribution in [3.63, 3.8) is 0 Å². The van der Waals surface area contributed by atoms with E-state index in [1.807, 2.05) is 0 Å². The Morgan fingerprint density at radius 2 is 2.30 bits per heavy atom. The molecule has 0 aromatic rings. The first-order chi connectivity index (χ1) is 4.69. The van der Waals surface area contributed by atoms with Gasteiger partial charge in [-0.05, 0) is 12.8 Å². The van der Waals surface area contributed by atoms with Gasteiger partial charge in [0.15, 0.2) is 5.79 Å². The highest BCUT2D eigenvalue weighted by atomic mass is 35.5. The largest absolute Gasteiger partial charge is 0.364 e. The molecular weight excluding hydrogens is 152 g/mol. The van der Waals surface area contributed by atoms with Gasteiger partial charge in [-0.25, -0.2) is 0 Å². The Bertz CT molecular complexity index is 118. The summed E-state index contributed by atoms with van der Waals surface area (Å²) in [5.41, 5.74) is 0. The fraction of sp³-hybridized carbons (Fsp3) is 1.00. The standard InChI is InChI=1S/C7H13ClO2/c1-10-7(9)5-3-2-4-6(7)8/h6,9H,2-5H2,1H3. The van der Waals surface area contributed by atoms with Crippen LogP contribution in [0.3, 0.4) is 0 Å². The van der Waals surface area contributed by atoms with Crippen molar-refractivity contribution in [1.29, 1.82) is 0 Å². The van der Waals surface area contributed by atoms with Crippen molar-refractivity contribution in [2.24, 2.45) is 0 Å². The molecule has 0 heterocycles. The number of halogens is 1. The maximum absolute atomic E-state index is 9.59. The first-order valence-corrected chi connectivity index (χ1v) is 4.04. The van der Waals surface area contributed by atoms with Crippen molar-refractivity contribution < 1.29 is 9.84 Å². The second kappa shape index (κ2) is 3.07. The van der Waals surface area contributed by atoms with E-state index in [0.717, 1.165) is 19.3 Å². The smallest absolute Gasteiger partial charge is 0.181 e. The van der Waals surface area contributed by atoms with E-state index in [-0.39, 0.29) is 5.38 Å². The molecule has 0 aliphatic heterocycles. The Balaban J connectivity index is 2.54. The molecule has 0 spiro atoms. The Kier molecular flexibility index (Phi) is 2.55. The molecule has 0 aromatic heterocycles. The molecule has 2 nitrogen and oxygen atoms in total. The molecule has 1 aliphatic carbocycles. The zero-order valence-corrected chi connectivity index (χ0v) is 6.90. The van der Waals surface area contributed by atoms with Crippen LogP contribution in [0.1, 0.15) is 25.7 Å². The molecule has 0 aromatic carbocycles. The van der Waals surface area contributed by atoms with Gasteiger partial charge in [-0.1, -0.05) is 6.42 Å². The van der Waals surface area contributed by atoms with Crippen LogP contribution >= 0.6 is 11.6 Å². The van der Waals surface area contributed by atoms with Crippen LogP contribution < -0.4 is 0 Å². The third kappa shape index (κ3) is 1.44. The van der Waals surface area contributed by atoms with Crippen molar-refractivity contribution in [2.45, 2.75) is 36.8 Å². The fourth-order valence-corrected chi connectivity index (χ4v) is 1.67. The Hall–Kier alpha value is 0.210. The van der Waals surface area contributed by atoms with Crippen LogP contribution in [-0.4, -0.2) is 23.4 Å². The molecule has 1 rings (SSSR count). The molecule has 1 aliphatic rings. The van der Waals surface area contributed by atoms with Crippen molar-refractivity contribution in [3.05, 3.63) is 0 Å².